The highest BCUT2D eigenvalue weighted by atomic mass is 16.6. The molecule has 2 saturated heterocycles. The number of hydrogen-bond acceptors (Lipinski definition) is 4. The minimum Gasteiger partial charge on any atom is -0.365 e. The first-order valence-electron chi connectivity index (χ1n) is 9.49. The molecule has 0 bridgehead atoms. The smallest absolute Gasteiger partial charge is 0.187 e. The lowest BCUT2D eigenvalue weighted by Crippen LogP contribution is -2.57. The normalized spacial score (nSPS) is 60.1. The number of rotatable bonds is 0. The monoisotopic (exact) mass is 328 g/mol. The van der Waals surface area contributed by atoms with Crippen molar-refractivity contribution < 1.29 is 19.1 Å². The Balaban J connectivity index is 1.49. The van der Waals surface area contributed by atoms with Crippen LogP contribution in [0.2, 0.25) is 0 Å². The van der Waals surface area contributed by atoms with Gasteiger partial charge in [0.05, 0.1) is 6.61 Å². The molecule has 4 unspecified atom stereocenters. The van der Waals surface area contributed by atoms with Gasteiger partial charge in [-0.2, -0.15) is 0 Å². The zero-order chi connectivity index (χ0) is 16.5. The summed E-state index contributed by atoms with van der Waals surface area (Å²) in [5.41, 5.74) is 0.786. The topological polar surface area (TPSA) is 59.2 Å². The fourth-order valence-electron chi connectivity index (χ4n) is 7.29. The number of carbonyl (C=O) groups is 2. The predicted octanol–water partition coefficient (Wildman–Crippen LogP) is 2.45. The van der Waals surface area contributed by atoms with E-state index in [4.69, 9.17) is 9.47 Å². The Morgan fingerprint density at radius 2 is 1.96 bits per heavy atom. The first-order valence-corrected chi connectivity index (χ1v) is 9.49. The highest BCUT2D eigenvalue weighted by Crippen LogP contribution is 2.71. The molecule has 4 heteroatoms. The molecule has 0 amide bonds. The van der Waals surface area contributed by atoms with Gasteiger partial charge in [0.15, 0.2) is 5.78 Å². The molecule has 4 nitrogen and oxygen atoms in total. The molecule has 0 aromatic heterocycles. The minimum absolute atomic E-state index is 0.0420. The van der Waals surface area contributed by atoms with Crippen LogP contribution in [0.15, 0.2) is 11.6 Å². The van der Waals surface area contributed by atoms with Crippen LogP contribution in [0.3, 0.4) is 0 Å². The summed E-state index contributed by atoms with van der Waals surface area (Å²) in [5, 5.41) is 0. The molecule has 2 heterocycles. The Bertz CT molecular complexity index is 719. The molecule has 3 saturated carbocycles. The van der Waals surface area contributed by atoms with Gasteiger partial charge in [0, 0.05) is 17.3 Å². The number of ether oxygens (including phenoxy) is 2. The van der Waals surface area contributed by atoms with Gasteiger partial charge in [-0.3, -0.25) is 9.59 Å². The van der Waals surface area contributed by atoms with Crippen LogP contribution >= 0.6 is 0 Å². The Labute approximate surface area is 141 Å². The number of epoxide rings is 2. The van der Waals surface area contributed by atoms with Gasteiger partial charge in [-0.15, -0.1) is 0 Å². The lowest BCUT2D eigenvalue weighted by molar-refractivity contribution is -0.133. The first kappa shape index (κ1) is 14.2. The van der Waals surface area contributed by atoms with Crippen LogP contribution in [0.1, 0.15) is 46.0 Å². The van der Waals surface area contributed by atoms with Crippen LogP contribution in [0.4, 0.5) is 0 Å². The Morgan fingerprint density at radius 3 is 2.71 bits per heavy atom. The average molecular weight is 328 g/mol. The molecular formula is C20H24O4. The molecular weight excluding hydrogens is 304 g/mol. The predicted molar refractivity (Wildman–Crippen MR) is 85.2 cm³/mol. The summed E-state index contributed by atoms with van der Waals surface area (Å²) < 4.78 is 11.8. The molecule has 128 valence electrons. The summed E-state index contributed by atoms with van der Waals surface area (Å²) in [4.78, 5) is 24.8. The van der Waals surface area contributed by atoms with E-state index in [-0.39, 0.29) is 34.4 Å². The Kier molecular flexibility index (Phi) is 2.30. The van der Waals surface area contributed by atoms with E-state index >= 15 is 0 Å². The van der Waals surface area contributed by atoms with Crippen LogP contribution in [0.25, 0.3) is 0 Å². The maximum Gasteiger partial charge on any atom is 0.187 e. The summed E-state index contributed by atoms with van der Waals surface area (Å²) in [7, 11) is 0. The largest absolute Gasteiger partial charge is 0.365 e. The van der Waals surface area contributed by atoms with Gasteiger partial charge in [0.2, 0.25) is 0 Å². The van der Waals surface area contributed by atoms with E-state index < -0.39 is 0 Å². The average Bonchev–Trinajstić information content (AvgIpc) is 3.44. The molecule has 0 radical (unpaired) electrons. The van der Waals surface area contributed by atoms with E-state index in [1.807, 2.05) is 6.08 Å². The Hall–Kier alpha value is -1.00. The molecule has 6 rings (SSSR count). The third kappa shape index (κ3) is 1.38. The quantitative estimate of drug-likeness (QED) is 0.641. The van der Waals surface area contributed by atoms with Crippen molar-refractivity contribution >= 4 is 11.6 Å². The molecule has 1 spiro atoms. The van der Waals surface area contributed by atoms with Gasteiger partial charge in [-0.05, 0) is 55.1 Å². The van der Waals surface area contributed by atoms with Crippen LogP contribution < -0.4 is 0 Å². The van der Waals surface area contributed by atoms with E-state index in [9.17, 15) is 9.59 Å². The van der Waals surface area contributed by atoms with Gasteiger partial charge >= 0.3 is 0 Å². The van der Waals surface area contributed by atoms with Crippen LogP contribution in [-0.2, 0) is 19.1 Å². The van der Waals surface area contributed by atoms with Crippen molar-refractivity contribution in [2.24, 2.45) is 28.6 Å². The zero-order valence-corrected chi connectivity index (χ0v) is 14.3. The maximum atomic E-state index is 12.5. The number of hydrogen-bond donors (Lipinski definition) is 0. The van der Waals surface area contributed by atoms with Crippen molar-refractivity contribution in [1.29, 1.82) is 0 Å². The SMILES string of the molecule is C[C@@]12C(=CC(=O)[C@@H]3O[C@@H]31)C1(CO1)CC1C2CC[C@]2(C)C(=O)CCC12. The highest BCUT2D eigenvalue weighted by Gasteiger charge is 2.74. The van der Waals surface area contributed by atoms with E-state index in [2.05, 4.69) is 13.8 Å². The van der Waals surface area contributed by atoms with Crippen molar-refractivity contribution in [2.75, 3.05) is 6.61 Å². The molecule has 0 aromatic rings. The summed E-state index contributed by atoms with van der Waals surface area (Å²) in [6.45, 7) is 5.26. The highest BCUT2D eigenvalue weighted by molar-refractivity contribution is 5.99. The van der Waals surface area contributed by atoms with Gasteiger partial charge < -0.3 is 9.47 Å². The summed E-state index contributed by atoms with van der Waals surface area (Å²) in [6, 6.07) is 0. The van der Waals surface area contributed by atoms with Crippen molar-refractivity contribution in [3.05, 3.63) is 11.6 Å². The molecule has 2 aliphatic heterocycles. The van der Waals surface area contributed by atoms with Crippen molar-refractivity contribution in [2.45, 2.75) is 63.8 Å². The molecule has 6 aliphatic rings. The third-order valence-electron chi connectivity index (χ3n) is 8.70. The van der Waals surface area contributed by atoms with Gasteiger partial charge in [-0.1, -0.05) is 13.8 Å². The molecule has 4 aliphatic carbocycles. The van der Waals surface area contributed by atoms with Crippen molar-refractivity contribution in [3.8, 4) is 0 Å². The van der Waals surface area contributed by atoms with Crippen LogP contribution in [0, 0.1) is 28.6 Å². The fraction of sp³-hybridized carbons (Fsp3) is 0.800. The number of Topliss-reactive ketones (excluding diaryl/α,β-unsaturated/α-hetero) is 1. The maximum absolute atomic E-state index is 12.5. The third-order valence-corrected chi connectivity index (χ3v) is 8.70. The molecule has 24 heavy (non-hydrogen) atoms. The molecule has 0 N–H and O–H groups in total. The van der Waals surface area contributed by atoms with Crippen molar-refractivity contribution in [3.63, 3.8) is 0 Å². The lowest BCUT2D eigenvalue weighted by Gasteiger charge is -2.57. The standard InChI is InChI=1S/C20H24O4/c1-18-6-5-12-10(11(18)3-4-15(18)22)8-20(9-23-20)14-7-13(21)16-17(24-16)19(12,14)2/h7,10-12,16-17H,3-6,8-9H2,1-2H3/t10?,11?,12?,16-,17-,18-,19+,20?/m0/s1. The lowest BCUT2D eigenvalue weighted by atomic mass is 9.45. The second-order valence-electron chi connectivity index (χ2n) is 9.50. The van der Waals surface area contributed by atoms with Gasteiger partial charge in [0.25, 0.3) is 0 Å². The van der Waals surface area contributed by atoms with Crippen LogP contribution in [0.5, 0.6) is 0 Å². The minimum atomic E-state index is -0.230. The van der Waals surface area contributed by atoms with E-state index in [1.165, 1.54) is 5.57 Å². The second kappa shape index (κ2) is 3.88. The van der Waals surface area contributed by atoms with E-state index in [1.54, 1.807) is 0 Å². The van der Waals surface area contributed by atoms with Gasteiger partial charge in [-0.25, -0.2) is 0 Å². The zero-order valence-electron chi connectivity index (χ0n) is 14.3. The summed E-state index contributed by atoms with van der Waals surface area (Å²) >= 11 is 0. The molecule has 5 fully saturated rings. The second-order valence-corrected chi connectivity index (χ2v) is 9.50. The van der Waals surface area contributed by atoms with Crippen molar-refractivity contribution in [1.82, 2.24) is 0 Å². The summed E-state index contributed by atoms with van der Waals surface area (Å²) in [5.74, 6) is 2.14. The molecule has 8 atom stereocenters. The van der Waals surface area contributed by atoms with E-state index in [0.29, 0.717) is 23.5 Å². The number of fused-ring (bicyclic) bond motifs is 8. The van der Waals surface area contributed by atoms with Crippen LogP contribution in [-0.4, -0.2) is 36.0 Å². The number of ketones is 2. The first-order chi connectivity index (χ1) is 11.4. The van der Waals surface area contributed by atoms with E-state index in [0.717, 1.165) is 38.7 Å². The summed E-state index contributed by atoms with van der Waals surface area (Å²) in [6.07, 6.45) is 6.55. The molecule has 0 aromatic carbocycles. The fourth-order valence-corrected chi connectivity index (χ4v) is 7.29. The van der Waals surface area contributed by atoms with Gasteiger partial charge in [0.1, 0.15) is 23.6 Å². The number of carbonyl (C=O) groups excluding carboxylic acids is 2. The Morgan fingerprint density at radius 1 is 1.17 bits per heavy atom.